The van der Waals surface area contributed by atoms with Crippen molar-refractivity contribution in [2.45, 2.75) is 12.8 Å². The third kappa shape index (κ3) is 4.51. The van der Waals surface area contributed by atoms with Gasteiger partial charge in [0.15, 0.2) is 0 Å². The summed E-state index contributed by atoms with van der Waals surface area (Å²) >= 11 is 0. The molecule has 0 bridgehead atoms. The van der Waals surface area contributed by atoms with Gasteiger partial charge in [0.25, 0.3) is 0 Å². The highest BCUT2D eigenvalue weighted by atomic mass is 16.5. The van der Waals surface area contributed by atoms with Gasteiger partial charge in [-0.1, -0.05) is 0 Å². The first-order valence-corrected chi connectivity index (χ1v) is 6.10. The highest BCUT2D eigenvalue weighted by Crippen LogP contribution is 2.25. The number of carbonyl (C=O) groups is 1. The van der Waals surface area contributed by atoms with Gasteiger partial charge in [-0.3, -0.25) is 4.79 Å². The van der Waals surface area contributed by atoms with Crippen LogP contribution in [0.2, 0.25) is 0 Å². The topological polar surface area (TPSA) is 65.4 Å². The molecule has 5 heteroatoms. The van der Waals surface area contributed by atoms with Crippen molar-refractivity contribution in [3.05, 3.63) is 23.8 Å². The number of ether oxygens (including phenoxy) is 1. The molecule has 0 heterocycles. The number of amides is 1. The Balaban J connectivity index is 2.50. The molecule has 0 unspecified atom stereocenters. The minimum absolute atomic E-state index is 0.119. The summed E-state index contributed by atoms with van der Waals surface area (Å²) in [5.74, 6) is 0.756. The number of nitrogens with one attached hydrogen (secondary N) is 1. The maximum Gasteiger partial charge on any atom is 0.222 e. The van der Waals surface area contributed by atoms with E-state index in [-0.39, 0.29) is 5.91 Å². The van der Waals surface area contributed by atoms with E-state index in [1.54, 1.807) is 38.2 Å². The molecule has 0 saturated heterocycles. The molecule has 1 rings (SSSR count). The maximum absolute atomic E-state index is 11.4. The monoisotopic (exact) mass is 261 g/mol. The van der Waals surface area contributed by atoms with Crippen LogP contribution < -0.4 is 10.1 Å². The average Bonchev–Trinajstić information content (AvgIpc) is 2.43. The second-order valence-electron chi connectivity index (χ2n) is 4.35. The first kappa shape index (κ1) is 14.8. The smallest absolute Gasteiger partial charge is 0.222 e. The average molecular weight is 261 g/mol. The summed E-state index contributed by atoms with van der Waals surface area (Å²) in [6.45, 7) is 0.682. The summed E-state index contributed by atoms with van der Waals surface area (Å²) in [6, 6.07) is 7.30. The van der Waals surface area contributed by atoms with Crippen LogP contribution in [0.1, 0.15) is 18.4 Å². The molecule has 0 saturated carbocycles. The highest BCUT2D eigenvalue weighted by molar-refractivity contribution is 5.75. The van der Waals surface area contributed by atoms with Crippen molar-refractivity contribution in [2.75, 3.05) is 33.1 Å². The Morgan fingerprint density at radius 2 is 2.21 bits per heavy atom. The number of hydrogen-bond donors (Lipinski definition) is 1. The summed E-state index contributed by atoms with van der Waals surface area (Å²) in [5.41, 5.74) is 1.39. The molecular weight excluding hydrogens is 242 g/mol. The molecule has 19 heavy (non-hydrogen) atoms. The van der Waals surface area contributed by atoms with Crippen molar-refractivity contribution in [3.63, 3.8) is 0 Å². The van der Waals surface area contributed by atoms with E-state index in [4.69, 9.17) is 10.00 Å². The van der Waals surface area contributed by atoms with Crippen LogP contribution in [0, 0.1) is 11.3 Å². The summed E-state index contributed by atoms with van der Waals surface area (Å²) in [5, 5.41) is 12.0. The predicted octanol–water partition coefficient (Wildman–Crippen LogP) is 1.85. The Bertz CT molecular complexity index is 478. The first-order valence-electron chi connectivity index (χ1n) is 6.10. The SMILES string of the molecule is COc1cc(C#N)ccc1NCCCC(=O)N(C)C. The van der Waals surface area contributed by atoms with Crippen LogP contribution in [0.3, 0.4) is 0 Å². The van der Waals surface area contributed by atoms with E-state index in [9.17, 15) is 4.79 Å². The number of hydrogen-bond acceptors (Lipinski definition) is 4. The molecule has 1 aromatic rings. The lowest BCUT2D eigenvalue weighted by molar-refractivity contribution is -0.128. The van der Waals surface area contributed by atoms with E-state index < -0.39 is 0 Å². The van der Waals surface area contributed by atoms with Crippen molar-refractivity contribution < 1.29 is 9.53 Å². The Hall–Kier alpha value is -2.22. The van der Waals surface area contributed by atoms with Crippen LogP contribution in [0.25, 0.3) is 0 Å². The number of nitriles is 1. The largest absolute Gasteiger partial charge is 0.495 e. The Labute approximate surface area is 113 Å². The first-order chi connectivity index (χ1) is 9.08. The lowest BCUT2D eigenvalue weighted by Crippen LogP contribution is -2.22. The van der Waals surface area contributed by atoms with E-state index in [1.807, 2.05) is 6.07 Å². The predicted molar refractivity (Wildman–Crippen MR) is 74.1 cm³/mol. The molecule has 1 amide bonds. The second kappa shape index (κ2) is 7.27. The van der Waals surface area contributed by atoms with Gasteiger partial charge in [0.05, 0.1) is 24.4 Å². The fourth-order valence-corrected chi connectivity index (χ4v) is 1.59. The van der Waals surface area contributed by atoms with Crippen molar-refractivity contribution >= 4 is 11.6 Å². The molecule has 0 fully saturated rings. The van der Waals surface area contributed by atoms with Gasteiger partial charge < -0.3 is 15.0 Å². The van der Waals surface area contributed by atoms with E-state index in [0.717, 1.165) is 12.1 Å². The van der Waals surface area contributed by atoms with Gasteiger partial charge in [-0.05, 0) is 18.6 Å². The van der Waals surface area contributed by atoms with Crippen molar-refractivity contribution in [1.82, 2.24) is 4.90 Å². The quantitative estimate of drug-likeness (QED) is 0.794. The number of methoxy groups -OCH3 is 1. The zero-order valence-corrected chi connectivity index (χ0v) is 11.6. The molecule has 0 radical (unpaired) electrons. The van der Waals surface area contributed by atoms with Crippen molar-refractivity contribution in [3.8, 4) is 11.8 Å². The Morgan fingerprint density at radius 3 is 2.79 bits per heavy atom. The standard InChI is InChI=1S/C14H19N3O2/c1-17(2)14(18)5-4-8-16-12-7-6-11(10-15)9-13(12)19-3/h6-7,9,16H,4-5,8H2,1-3H3. The third-order valence-electron chi connectivity index (χ3n) is 2.71. The third-order valence-corrected chi connectivity index (χ3v) is 2.71. The van der Waals surface area contributed by atoms with Crippen LogP contribution >= 0.6 is 0 Å². The number of benzene rings is 1. The summed E-state index contributed by atoms with van der Waals surface area (Å²) in [7, 11) is 5.07. The molecule has 102 valence electrons. The zero-order valence-electron chi connectivity index (χ0n) is 11.6. The van der Waals surface area contributed by atoms with Gasteiger partial charge in [0.2, 0.25) is 5.91 Å². The lowest BCUT2D eigenvalue weighted by atomic mass is 10.2. The normalized spacial score (nSPS) is 9.58. The summed E-state index contributed by atoms with van der Waals surface area (Å²) in [4.78, 5) is 13.0. The van der Waals surface area contributed by atoms with Gasteiger partial charge in [-0.15, -0.1) is 0 Å². The molecular formula is C14H19N3O2. The van der Waals surface area contributed by atoms with Crippen molar-refractivity contribution in [2.24, 2.45) is 0 Å². The number of nitrogens with zero attached hydrogens (tertiary/aromatic N) is 2. The maximum atomic E-state index is 11.4. The van der Waals surface area contributed by atoms with E-state index in [2.05, 4.69) is 11.4 Å². The van der Waals surface area contributed by atoms with E-state index in [0.29, 0.717) is 24.3 Å². The van der Waals surface area contributed by atoms with Gasteiger partial charge in [-0.2, -0.15) is 5.26 Å². The van der Waals surface area contributed by atoms with Crippen molar-refractivity contribution in [1.29, 1.82) is 5.26 Å². The molecule has 0 aromatic heterocycles. The van der Waals surface area contributed by atoms with Crippen LogP contribution in [0.15, 0.2) is 18.2 Å². The van der Waals surface area contributed by atoms with E-state index >= 15 is 0 Å². The molecule has 1 N–H and O–H groups in total. The molecule has 5 nitrogen and oxygen atoms in total. The van der Waals surface area contributed by atoms with Gasteiger partial charge in [0, 0.05) is 33.1 Å². The van der Waals surface area contributed by atoms with Crippen LogP contribution in [0.4, 0.5) is 5.69 Å². The summed E-state index contributed by atoms with van der Waals surface area (Å²) < 4.78 is 5.22. The van der Waals surface area contributed by atoms with E-state index in [1.165, 1.54) is 0 Å². The molecule has 0 aliphatic carbocycles. The minimum atomic E-state index is 0.119. The molecule has 0 atom stereocenters. The van der Waals surface area contributed by atoms with Crippen LogP contribution in [0.5, 0.6) is 5.75 Å². The Kier molecular flexibility index (Phi) is 5.68. The number of anilines is 1. The van der Waals surface area contributed by atoms with Crippen LogP contribution in [-0.4, -0.2) is 38.6 Å². The zero-order chi connectivity index (χ0) is 14.3. The molecule has 1 aromatic carbocycles. The number of rotatable bonds is 6. The number of carbonyl (C=O) groups excluding carboxylic acids is 1. The Morgan fingerprint density at radius 1 is 1.47 bits per heavy atom. The highest BCUT2D eigenvalue weighted by Gasteiger charge is 2.05. The van der Waals surface area contributed by atoms with Gasteiger partial charge >= 0.3 is 0 Å². The minimum Gasteiger partial charge on any atom is -0.495 e. The lowest BCUT2D eigenvalue weighted by Gasteiger charge is -2.12. The second-order valence-corrected chi connectivity index (χ2v) is 4.35. The molecule has 0 aliphatic heterocycles. The molecule has 0 aliphatic rings. The fraction of sp³-hybridized carbons (Fsp3) is 0.429. The fourth-order valence-electron chi connectivity index (χ4n) is 1.59. The van der Waals surface area contributed by atoms with Gasteiger partial charge in [0.1, 0.15) is 5.75 Å². The van der Waals surface area contributed by atoms with Crippen LogP contribution in [-0.2, 0) is 4.79 Å². The van der Waals surface area contributed by atoms with Gasteiger partial charge in [-0.25, -0.2) is 0 Å². The summed E-state index contributed by atoms with van der Waals surface area (Å²) in [6.07, 6.45) is 1.26. The molecule has 0 spiro atoms.